The molecule has 0 bridgehead atoms. The normalized spacial score (nSPS) is 20.9. The van der Waals surface area contributed by atoms with Crippen molar-refractivity contribution in [3.63, 3.8) is 0 Å². The van der Waals surface area contributed by atoms with Crippen molar-refractivity contribution in [1.82, 2.24) is 9.99 Å². The second kappa shape index (κ2) is 8.41. The Bertz CT molecular complexity index is 913. The Morgan fingerprint density at radius 3 is 2.96 bits per heavy atom. The maximum absolute atomic E-state index is 5.82. The Labute approximate surface area is 170 Å². The summed E-state index contributed by atoms with van der Waals surface area (Å²) in [6, 6.07) is 9.94. The number of hydrogen-bond acceptors (Lipinski definition) is 5. The molecule has 1 saturated heterocycles. The summed E-state index contributed by atoms with van der Waals surface area (Å²) < 4.78 is 13.4. The summed E-state index contributed by atoms with van der Waals surface area (Å²) in [5, 5.41) is 5.40. The van der Waals surface area contributed by atoms with Crippen molar-refractivity contribution in [2.75, 3.05) is 19.5 Å². The lowest BCUT2D eigenvalue weighted by Gasteiger charge is -2.17. The molecule has 7 heteroatoms. The molecule has 28 heavy (non-hydrogen) atoms. The monoisotopic (exact) mass is 398 g/mol. The minimum absolute atomic E-state index is 0.333. The quantitative estimate of drug-likeness (QED) is 0.826. The topological polar surface area (TPSA) is 60.1 Å². The molecule has 1 atom stereocenters. The van der Waals surface area contributed by atoms with E-state index in [1.54, 1.807) is 18.9 Å². The van der Waals surface area contributed by atoms with Gasteiger partial charge in [-0.05, 0) is 44.9 Å². The molecule has 6 nitrogen and oxygen atoms in total. The lowest BCUT2D eigenvalue weighted by molar-refractivity contribution is 0.0962. The zero-order chi connectivity index (χ0) is 19.5. The number of aryl methyl sites for hydroxylation is 1. The number of nitrogens with one attached hydrogen (secondary N) is 1. The summed E-state index contributed by atoms with van der Waals surface area (Å²) in [4.78, 5) is 4.63. The molecule has 1 aromatic heterocycles. The first-order valence-electron chi connectivity index (χ1n) is 9.61. The largest absolute Gasteiger partial charge is 0.497 e. The number of hydrazone groups is 1. The molecule has 0 saturated carbocycles. The molecule has 1 unspecified atom stereocenters. The first-order valence-corrected chi connectivity index (χ1v) is 10.6. The highest BCUT2D eigenvalue weighted by Gasteiger charge is 2.22. The molecule has 3 heterocycles. The van der Waals surface area contributed by atoms with E-state index in [0.717, 1.165) is 47.6 Å². The Morgan fingerprint density at radius 1 is 1.36 bits per heavy atom. The van der Waals surface area contributed by atoms with Gasteiger partial charge in [0.15, 0.2) is 5.17 Å². The predicted octanol–water partition coefficient (Wildman–Crippen LogP) is 4.02. The van der Waals surface area contributed by atoms with Crippen molar-refractivity contribution < 1.29 is 9.47 Å². The summed E-state index contributed by atoms with van der Waals surface area (Å²) in [6.45, 7) is 6.14. The minimum Gasteiger partial charge on any atom is -0.497 e. The minimum atomic E-state index is 0.333. The number of ether oxygens (including phenoxy) is 2. The van der Waals surface area contributed by atoms with E-state index in [-0.39, 0.29) is 0 Å². The van der Waals surface area contributed by atoms with Crippen LogP contribution in [0.1, 0.15) is 29.8 Å². The van der Waals surface area contributed by atoms with Gasteiger partial charge in [0.2, 0.25) is 0 Å². The highest BCUT2D eigenvalue weighted by molar-refractivity contribution is 8.14. The number of benzene rings is 1. The summed E-state index contributed by atoms with van der Waals surface area (Å²) >= 11 is 1.66. The fourth-order valence-corrected chi connectivity index (χ4v) is 4.45. The average Bonchev–Trinajstić information content (AvgIpc) is 3.33. The van der Waals surface area contributed by atoms with Crippen LogP contribution in [0.3, 0.4) is 0 Å². The molecule has 1 aromatic carbocycles. The second-order valence-electron chi connectivity index (χ2n) is 7.11. The SMILES string of the molecule is COc1cccc(N=C2NN=C(c3cc(C)n(CC4CCCO4)c3C)CS2)c1. The van der Waals surface area contributed by atoms with E-state index in [1.165, 1.54) is 23.4 Å². The van der Waals surface area contributed by atoms with Crippen LogP contribution in [-0.2, 0) is 11.3 Å². The Morgan fingerprint density at radius 2 is 2.25 bits per heavy atom. The summed E-state index contributed by atoms with van der Waals surface area (Å²) in [6.07, 6.45) is 2.65. The van der Waals surface area contributed by atoms with Crippen molar-refractivity contribution in [3.05, 3.63) is 47.3 Å². The molecule has 2 aliphatic rings. The van der Waals surface area contributed by atoms with Gasteiger partial charge in [-0.1, -0.05) is 17.8 Å². The van der Waals surface area contributed by atoms with Crippen molar-refractivity contribution in [1.29, 1.82) is 0 Å². The second-order valence-corrected chi connectivity index (χ2v) is 8.07. The van der Waals surface area contributed by atoms with Gasteiger partial charge in [0.05, 0.1) is 24.6 Å². The molecular weight excluding hydrogens is 372 g/mol. The number of aliphatic imine (C=N–C) groups is 1. The van der Waals surface area contributed by atoms with E-state index in [0.29, 0.717) is 6.10 Å². The van der Waals surface area contributed by atoms with Gasteiger partial charge in [0.25, 0.3) is 0 Å². The van der Waals surface area contributed by atoms with Gasteiger partial charge < -0.3 is 14.0 Å². The van der Waals surface area contributed by atoms with Gasteiger partial charge in [-0.25, -0.2) is 4.99 Å². The molecule has 0 spiro atoms. The number of thioether (sulfide) groups is 1. The van der Waals surface area contributed by atoms with E-state index in [9.17, 15) is 0 Å². The van der Waals surface area contributed by atoms with Gasteiger partial charge in [0.1, 0.15) is 5.75 Å². The Hall–Kier alpha value is -2.25. The van der Waals surface area contributed by atoms with Crippen molar-refractivity contribution in [3.8, 4) is 5.75 Å². The lowest BCUT2D eigenvalue weighted by atomic mass is 10.1. The molecule has 1 N–H and O–H groups in total. The van der Waals surface area contributed by atoms with E-state index in [2.05, 4.69) is 40.0 Å². The van der Waals surface area contributed by atoms with Crippen LogP contribution in [0.5, 0.6) is 5.75 Å². The first kappa shape index (κ1) is 19.1. The third-order valence-corrected chi connectivity index (χ3v) is 6.08. The van der Waals surface area contributed by atoms with Crippen LogP contribution < -0.4 is 10.2 Å². The van der Waals surface area contributed by atoms with Gasteiger partial charge >= 0.3 is 0 Å². The molecular formula is C21H26N4O2S. The van der Waals surface area contributed by atoms with Gasteiger partial charge in [-0.15, -0.1) is 0 Å². The lowest BCUT2D eigenvalue weighted by Crippen LogP contribution is -2.25. The van der Waals surface area contributed by atoms with Gasteiger partial charge in [-0.3, -0.25) is 5.43 Å². The summed E-state index contributed by atoms with van der Waals surface area (Å²) in [5.74, 6) is 1.59. The third kappa shape index (κ3) is 4.10. The van der Waals surface area contributed by atoms with E-state index in [4.69, 9.17) is 9.47 Å². The van der Waals surface area contributed by atoms with Gasteiger partial charge in [-0.2, -0.15) is 5.10 Å². The fourth-order valence-electron chi connectivity index (χ4n) is 3.68. The number of nitrogens with zero attached hydrogens (tertiary/aromatic N) is 3. The highest BCUT2D eigenvalue weighted by Crippen LogP contribution is 2.25. The van der Waals surface area contributed by atoms with E-state index in [1.807, 2.05) is 24.3 Å². The zero-order valence-electron chi connectivity index (χ0n) is 16.6. The number of amidine groups is 1. The van der Waals surface area contributed by atoms with Crippen LogP contribution >= 0.6 is 11.8 Å². The predicted molar refractivity (Wildman–Crippen MR) is 115 cm³/mol. The average molecular weight is 399 g/mol. The maximum Gasteiger partial charge on any atom is 0.182 e. The number of aromatic nitrogens is 1. The Kier molecular flexibility index (Phi) is 5.73. The van der Waals surface area contributed by atoms with Crippen LogP contribution in [0.2, 0.25) is 0 Å². The van der Waals surface area contributed by atoms with Crippen LogP contribution in [-0.4, -0.2) is 41.0 Å². The van der Waals surface area contributed by atoms with E-state index < -0.39 is 0 Å². The van der Waals surface area contributed by atoms with Crippen LogP contribution in [0, 0.1) is 13.8 Å². The third-order valence-electron chi connectivity index (χ3n) is 5.21. The molecule has 148 valence electrons. The molecule has 4 rings (SSSR count). The standard InChI is InChI=1S/C21H26N4O2S/c1-14-10-19(15(2)25(14)12-18-8-5-9-27-18)20-13-28-21(24-23-20)22-16-6-4-7-17(11-16)26-3/h4,6-7,10-11,18H,5,8-9,12-13H2,1-3H3,(H,22,24). The van der Waals surface area contributed by atoms with Crippen LogP contribution in [0.25, 0.3) is 0 Å². The van der Waals surface area contributed by atoms with Gasteiger partial charge in [0, 0.05) is 41.9 Å². The molecule has 0 radical (unpaired) electrons. The maximum atomic E-state index is 5.82. The molecule has 0 aliphatic carbocycles. The summed E-state index contributed by atoms with van der Waals surface area (Å²) in [5.41, 5.74) is 8.73. The van der Waals surface area contributed by atoms with Crippen molar-refractivity contribution in [2.24, 2.45) is 10.1 Å². The van der Waals surface area contributed by atoms with Crippen LogP contribution in [0.4, 0.5) is 5.69 Å². The van der Waals surface area contributed by atoms with Crippen molar-refractivity contribution in [2.45, 2.75) is 39.3 Å². The highest BCUT2D eigenvalue weighted by atomic mass is 32.2. The zero-order valence-corrected chi connectivity index (χ0v) is 17.4. The first-order chi connectivity index (χ1) is 13.6. The Balaban J connectivity index is 1.49. The summed E-state index contributed by atoms with van der Waals surface area (Å²) in [7, 11) is 1.66. The number of rotatable bonds is 5. The molecule has 1 fully saturated rings. The number of hydrogen-bond donors (Lipinski definition) is 1. The smallest absolute Gasteiger partial charge is 0.182 e. The van der Waals surface area contributed by atoms with Crippen molar-refractivity contribution >= 4 is 28.3 Å². The molecule has 0 amide bonds. The molecule has 2 aliphatic heterocycles. The van der Waals surface area contributed by atoms with E-state index >= 15 is 0 Å². The fraction of sp³-hybridized carbons (Fsp3) is 0.429. The number of methoxy groups -OCH3 is 1. The van der Waals surface area contributed by atoms with Crippen LogP contribution in [0.15, 0.2) is 40.4 Å². The molecule has 2 aromatic rings.